The Morgan fingerprint density at radius 2 is 1.77 bits per heavy atom. The van der Waals surface area contributed by atoms with E-state index in [2.05, 4.69) is 16.5 Å². The van der Waals surface area contributed by atoms with Gasteiger partial charge in [-0.1, -0.05) is 36.4 Å². The predicted octanol–water partition coefficient (Wildman–Crippen LogP) is 4.70. The molecule has 0 saturated carbocycles. The van der Waals surface area contributed by atoms with E-state index in [9.17, 15) is 4.79 Å². The number of carbonyl (C=O) groups is 1. The number of benzene rings is 3. The largest absolute Gasteiger partial charge is 0.398 e. The van der Waals surface area contributed by atoms with E-state index in [-0.39, 0.29) is 0 Å². The molecule has 0 atom stereocenters. The van der Waals surface area contributed by atoms with Gasteiger partial charge in [0.1, 0.15) is 0 Å². The van der Waals surface area contributed by atoms with Crippen molar-refractivity contribution in [1.29, 1.82) is 5.26 Å². The lowest BCUT2D eigenvalue weighted by molar-refractivity contribution is 0.100. The lowest BCUT2D eigenvalue weighted by atomic mass is 9.91. The number of nitrogen functional groups attached to an aromatic ring is 1. The van der Waals surface area contributed by atoms with Gasteiger partial charge in [0.2, 0.25) is 0 Å². The molecule has 3 aromatic rings. The summed E-state index contributed by atoms with van der Waals surface area (Å²) in [5.74, 6) is -0.522. The SMILES string of the molecule is N#Cc1ccc(SN2CC=C(c3cc(-c4ccccc4)cc(C(N)=O)c3N)CC2)cc1. The number of hydrogen-bond donors (Lipinski definition) is 2. The number of rotatable bonds is 5. The van der Waals surface area contributed by atoms with E-state index in [4.69, 9.17) is 16.7 Å². The van der Waals surface area contributed by atoms with Gasteiger partial charge in [-0.2, -0.15) is 5.26 Å². The average Bonchev–Trinajstić information content (AvgIpc) is 2.81. The van der Waals surface area contributed by atoms with Crippen molar-refractivity contribution >= 4 is 29.1 Å². The molecule has 0 unspecified atom stereocenters. The first-order chi connectivity index (χ1) is 15.0. The number of nitrogens with two attached hydrogens (primary N) is 2. The van der Waals surface area contributed by atoms with Crippen molar-refractivity contribution in [2.24, 2.45) is 5.73 Å². The van der Waals surface area contributed by atoms with Gasteiger partial charge in [-0.3, -0.25) is 4.79 Å². The highest BCUT2D eigenvalue weighted by molar-refractivity contribution is 7.97. The summed E-state index contributed by atoms with van der Waals surface area (Å²) in [6, 6.07) is 23.4. The predicted molar refractivity (Wildman–Crippen MR) is 126 cm³/mol. The van der Waals surface area contributed by atoms with Crippen LogP contribution in [-0.2, 0) is 0 Å². The molecule has 0 aliphatic carbocycles. The molecule has 0 fully saturated rings. The normalized spacial score (nSPS) is 14.0. The van der Waals surface area contributed by atoms with Crippen LogP contribution in [0.5, 0.6) is 0 Å². The summed E-state index contributed by atoms with van der Waals surface area (Å²) in [6.45, 7) is 1.60. The fraction of sp³-hybridized carbons (Fsp3) is 0.120. The summed E-state index contributed by atoms with van der Waals surface area (Å²) >= 11 is 1.67. The van der Waals surface area contributed by atoms with E-state index in [1.54, 1.807) is 18.0 Å². The van der Waals surface area contributed by atoms with Crippen molar-refractivity contribution in [2.45, 2.75) is 11.3 Å². The second-order valence-corrected chi connectivity index (χ2v) is 8.48. The van der Waals surface area contributed by atoms with E-state index in [1.807, 2.05) is 60.7 Å². The molecule has 1 aliphatic rings. The molecule has 0 bridgehead atoms. The molecule has 0 saturated heterocycles. The van der Waals surface area contributed by atoms with Gasteiger partial charge < -0.3 is 11.5 Å². The molecule has 0 spiro atoms. The van der Waals surface area contributed by atoms with Gasteiger partial charge in [0.25, 0.3) is 5.91 Å². The van der Waals surface area contributed by atoms with Gasteiger partial charge in [0.15, 0.2) is 0 Å². The molecule has 3 aromatic carbocycles. The van der Waals surface area contributed by atoms with Crippen LogP contribution in [0.2, 0.25) is 0 Å². The van der Waals surface area contributed by atoms with Crippen LogP contribution in [0.4, 0.5) is 5.69 Å². The van der Waals surface area contributed by atoms with E-state index in [1.165, 1.54) is 0 Å². The summed E-state index contributed by atoms with van der Waals surface area (Å²) in [4.78, 5) is 13.1. The smallest absolute Gasteiger partial charge is 0.250 e. The highest BCUT2D eigenvalue weighted by Gasteiger charge is 2.20. The van der Waals surface area contributed by atoms with Gasteiger partial charge in [-0.15, -0.1) is 0 Å². The Hall–Kier alpha value is -3.53. The summed E-state index contributed by atoms with van der Waals surface area (Å²) < 4.78 is 2.26. The number of amides is 1. The third kappa shape index (κ3) is 4.64. The summed E-state index contributed by atoms with van der Waals surface area (Å²) in [5.41, 5.74) is 17.4. The fourth-order valence-electron chi connectivity index (χ4n) is 3.64. The van der Waals surface area contributed by atoms with Crippen molar-refractivity contribution < 1.29 is 4.79 Å². The monoisotopic (exact) mass is 426 g/mol. The maximum atomic E-state index is 12.0. The highest BCUT2D eigenvalue weighted by Crippen LogP contribution is 2.36. The number of primary amides is 1. The molecule has 31 heavy (non-hydrogen) atoms. The molecule has 5 nitrogen and oxygen atoms in total. The van der Waals surface area contributed by atoms with Crippen LogP contribution in [0.3, 0.4) is 0 Å². The van der Waals surface area contributed by atoms with Gasteiger partial charge in [-0.25, -0.2) is 4.31 Å². The third-order valence-corrected chi connectivity index (χ3v) is 6.36. The highest BCUT2D eigenvalue weighted by atomic mass is 32.2. The van der Waals surface area contributed by atoms with E-state index < -0.39 is 5.91 Å². The Kier molecular flexibility index (Phi) is 6.08. The maximum Gasteiger partial charge on any atom is 0.250 e. The molecule has 0 radical (unpaired) electrons. The van der Waals surface area contributed by atoms with Crippen LogP contribution in [0, 0.1) is 11.3 Å². The van der Waals surface area contributed by atoms with Gasteiger partial charge in [0.05, 0.1) is 22.9 Å². The zero-order valence-corrected chi connectivity index (χ0v) is 17.7. The molecule has 4 rings (SSSR count). The first-order valence-corrected chi connectivity index (χ1v) is 10.7. The van der Waals surface area contributed by atoms with Crippen molar-refractivity contribution in [1.82, 2.24) is 4.31 Å². The Morgan fingerprint density at radius 1 is 1.03 bits per heavy atom. The first kappa shape index (κ1) is 20.7. The topological polar surface area (TPSA) is 96.1 Å². The van der Waals surface area contributed by atoms with Crippen molar-refractivity contribution in [3.05, 3.63) is 89.5 Å². The number of nitrogens with zero attached hydrogens (tertiary/aromatic N) is 2. The van der Waals surface area contributed by atoms with Crippen molar-refractivity contribution in [3.8, 4) is 17.2 Å². The second-order valence-electron chi connectivity index (χ2n) is 7.31. The Bertz CT molecular complexity index is 1180. The maximum absolute atomic E-state index is 12.0. The minimum atomic E-state index is -0.522. The van der Waals surface area contributed by atoms with Gasteiger partial charge in [0, 0.05) is 23.5 Å². The number of hydrogen-bond acceptors (Lipinski definition) is 5. The van der Waals surface area contributed by atoms with Gasteiger partial charge in [-0.05, 0) is 71.5 Å². The zero-order chi connectivity index (χ0) is 21.8. The third-order valence-electron chi connectivity index (χ3n) is 5.29. The summed E-state index contributed by atoms with van der Waals surface area (Å²) in [7, 11) is 0. The van der Waals surface area contributed by atoms with Crippen LogP contribution < -0.4 is 11.5 Å². The molecular weight excluding hydrogens is 404 g/mol. The molecule has 1 amide bonds. The van der Waals surface area contributed by atoms with Crippen LogP contribution in [0.1, 0.15) is 27.9 Å². The van der Waals surface area contributed by atoms with Crippen molar-refractivity contribution in [3.63, 3.8) is 0 Å². The lowest BCUT2D eigenvalue weighted by Crippen LogP contribution is -2.22. The number of nitriles is 1. The zero-order valence-electron chi connectivity index (χ0n) is 16.9. The summed E-state index contributed by atoms with van der Waals surface area (Å²) in [5, 5.41) is 8.94. The average molecular weight is 427 g/mol. The van der Waals surface area contributed by atoms with Crippen LogP contribution in [0.25, 0.3) is 16.7 Å². The molecular formula is C25H22N4OS. The molecule has 1 heterocycles. The van der Waals surface area contributed by atoms with Crippen molar-refractivity contribution in [2.75, 3.05) is 18.8 Å². The number of anilines is 1. The molecule has 4 N–H and O–H groups in total. The van der Waals surface area contributed by atoms with Gasteiger partial charge >= 0.3 is 0 Å². The Balaban J connectivity index is 1.59. The van der Waals surface area contributed by atoms with Crippen LogP contribution in [-0.4, -0.2) is 23.3 Å². The Labute approximate surface area is 186 Å². The lowest BCUT2D eigenvalue weighted by Gasteiger charge is -2.26. The molecule has 154 valence electrons. The fourth-order valence-corrected chi connectivity index (χ4v) is 4.53. The minimum absolute atomic E-state index is 0.353. The van der Waals surface area contributed by atoms with Crippen LogP contribution >= 0.6 is 11.9 Å². The quantitative estimate of drug-likeness (QED) is 0.455. The van der Waals surface area contributed by atoms with E-state index >= 15 is 0 Å². The van der Waals surface area contributed by atoms with E-state index in [0.717, 1.165) is 46.7 Å². The van der Waals surface area contributed by atoms with Crippen LogP contribution in [0.15, 0.2) is 77.7 Å². The Morgan fingerprint density at radius 3 is 2.39 bits per heavy atom. The minimum Gasteiger partial charge on any atom is -0.398 e. The number of carbonyl (C=O) groups excluding carboxylic acids is 1. The summed E-state index contributed by atoms with van der Waals surface area (Å²) in [6.07, 6.45) is 2.97. The standard InChI is InChI=1S/C25H22N4OS/c26-16-17-6-8-21(9-7-17)31-29-12-10-19(11-13-29)22-14-20(18-4-2-1-3-5-18)15-23(24(22)27)25(28)30/h1-10,14-15H,11-13,27H2,(H2,28,30). The molecule has 0 aromatic heterocycles. The second kappa shape index (κ2) is 9.09. The molecule has 6 heteroatoms. The molecule has 1 aliphatic heterocycles. The first-order valence-electron chi connectivity index (χ1n) is 9.96. The van der Waals surface area contributed by atoms with E-state index in [0.29, 0.717) is 16.8 Å².